The summed E-state index contributed by atoms with van der Waals surface area (Å²) >= 11 is 0. The van der Waals surface area contributed by atoms with Crippen LogP contribution in [-0.4, -0.2) is 15.0 Å². The zero-order chi connectivity index (χ0) is 37.0. The highest BCUT2D eigenvalue weighted by molar-refractivity contribution is 6.11. The van der Waals surface area contributed by atoms with Crippen molar-refractivity contribution < 1.29 is 18.9 Å². The van der Waals surface area contributed by atoms with E-state index < -0.39 is 0 Å². The lowest BCUT2D eigenvalue weighted by atomic mass is 9.83. The van der Waals surface area contributed by atoms with E-state index in [1.54, 1.807) is 31.0 Å². The molecule has 0 saturated carbocycles. The van der Waals surface area contributed by atoms with Gasteiger partial charge in [0, 0.05) is 85.4 Å². The average Bonchev–Trinajstić information content (AvgIpc) is 3.26. The lowest BCUT2D eigenvalue weighted by Gasteiger charge is -2.29. The average molecular weight is 724 g/mol. The van der Waals surface area contributed by atoms with Crippen molar-refractivity contribution in [3.63, 3.8) is 0 Å². The van der Waals surface area contributed by atoms with E-state index in [0.717, 1.165) is 113 Å². The molecule has 4 aliphatic heterocycles. The maximum Gasteiger partial charge on any atom is 0.153 e. The second-order valence-electron chi connectivity index (χ2n) is 13.5. The Kier molecular flexibility index (Phi) is 7.35. The second kappa shape index (κ2) is 13.0. The Balaban J connectivity index is 0.000000130. The van der Waals surface area contributed by atoms with Gasteiger partial charge in [-0.15, -0.1) is 0 Å². The van der Waals surface area contributed by atoms with Gasteiger partial charge >= 0.3 is 0 Å². The van der Waals surface area contributed by atoms with Gasteiger partial charge in [0.1, 0.15) is 28.7 Å². The predicted octanol–water partition coefficient (Wildman–Crippen LogP) is 12.0. The molecule has 7 nitrogen and oxygen atoms in total. The van der Waals surface area contributed by atoms with E-state index in [2.05, 4.69) is 57.4 Å². The Hall–Kier alpha value is -7.77. The number of para-hydroxylation sites is 5. The Morgan fingerprint density at radius 3 is 0.714 bits per heavy atom. The van der Waals surface area contributed by atoms with E-state index in [1.165, 1.54) is 0 Å². The number of fused-ring (bicyclic) bond motifs is 8. The molecule has 0 spiro atoms. The third kappa shape index (κ3) is 5.10. The third-order valence-electron chi connectivity index (χ3n) is 10.3. The van der Waals surface area contributed by atoms with Crippen LogP contribution in [-0.2, 0) is 0 Å². The van der Waals surface area contributed by atoms with Gasteiger partial charge in [0.05, 0.1) is 18.6 Å². The summed E-state index contributed by atoms with van der Waals surface area (Å²) in [7, 11) is 0. The smallest absolute Gasteiger partial charge is 0.153 e. The molecule has 7 heterocycles. The molecule has 0 aliphatic carbocycles. The van der Waals surface area contributed by atoms with Crippen LogP contribution >= 0.6 is 0 Å². The summed E-state index contributed by atoms with van der Waals surface area (Å²) in [6.07, 6.45) is 10.7. The third-order valence-corrected chi connectivity index (χ3v) is 10.3. The molecule has 0 bridgehead atoms. The number of ether oxygens (including phenoxy) is 4. The standard InChI is InChI=1S/C25H15NO2.C24H14N2O2/c1-4-10-20-16(7-1)24(17-8-2-5-11-21(17)27-20)25-18-9-3-6-12-22(18)28-23-15-26-14-13-19(23)25;1-3-7-19-15(5-1)23(17-9-11-25-13-21(17)27-19)24-16-6-2-4-8-20(16)28-22-14-26-12-10-18(22)24/h1-15H;1-14H/b;24-23-. The van der Waals surface area contributed by atoms with Gasteiger partial charge in [0.2, 0.25) is 0 Å². The summed E-state index contributed by atoms with van der Waals surface area (Å²) < 4.78 is 24.6. The van der Waals surface area contributed by atoms with Crippen molar-refractivity contribution in [2.75, 3.05) is 0 Å². The van der Waals surface area contributed by atoms with Crippen LogP contribution in [0.4, 0.5) is 0 Å². The van der Waals surface area contributed by atoms with Crippen LogP contribution in [0, 0.1) is 0 Å². The molecule has 8 aromatic rings. The van der Waals surface area contributed by atoms with E-state index >= 15 is 0 Å². The van der Waals surface area contributed by atoms with Gasteiger partial charge in [-0.05, 0) is 48.5 Å². The summed E-state index contributed by atoms with van der Waals surface area (Å²) in [6.45, 7) is 0. The van der Waals surface area contributed by atoms with Crippen LogP contribution in [0.3, 0.4) is 0 Å². The number of hydrogen-bond donors (Lipinski definition) is 0. The molecule has 4 aliphatic rings. The summed E-state index contributed by atoms with van der Waals surface area (Å²) in [5.41, 5.74) is 12.9. The molecule has 3 aromatic heterocycles. The highest BCUT2D eigenvalue weighted by Crippen LogP contribution is 2.54. The first-order chi connectivity index (χ1) is 27.8. The van der Waals surface area contributed by atoms with E-state index in [0.29, 0.717) is 0 Å². The Labute approximate surface area is 322 Å². The van der Waals surface area contributed by atoms with Crippen LogP contribution in [0.5, 0.6) is 46.0 Å². The maximum atomic E-state index is 6.20. The fourth-order valence-corrected chi connectivity index (χ4v) is 7.95. The molecule has 12 rings (SSSR count). The number of aromatic nitrogens is 3. The minimum atomic E-state index is 0.753. The van der Waals surface area contributed by atoms with Crippen LogP contribution < -0.4 is 18.9 Å². The van der Waals surface area contributed by atoms with Gasteiger partial charge in [-0.25, -0.2) is 0 Å². The SMILES string of the molecule is c1ccc2c(c1)Oc1ccccc1C2=C1c2ccccc2Oc2cnccc21.c1ccc2c(c1)Oc1cnccc1/C2=C1/c2ccccc2Oc2cnccc21. The molecule has 0 N–H and O–H groups in total. The lowest BCUT2D eigenvalue weighted by Crippen LogP contribution is -2.09. The highest BCUT2D eigenvalue weighted by Gasteiger charge is 2.32. The first-order valence-electron chi connectivity index (χ1n) is 18.3. The molecule has 5 aromatic carbocycles. The van der Waals surface area contributed by atoms with E-state index in [4.69, 9.17) is 18.9 Å². The first-order valence-corrected chi connectivity index (χ1v) is 18.3. The fourth-order valence-electron chi connectivity index (χ4n) is 7.95. The predicted molar refractivity (Wildman–Crippen MR) is 215 cm³/mol. The van der Waals surface area contributed by atoms with Crippen LogP contribution in [0.25, 0.3) is 22.3 Å². The molecule has 0 atom stereocenters. The first kappa shape index (κ1) is 31.7. The van der Waals surface area contributed by atoms with Crippen molar-refractivity contribution in [1.29, 1.82) is 0 Å². The molecule has 0 fully saturated rings. The number of benzene rings is 5. The Morgan fingerprint density at radius 1 is 0.232 bits per heavy atom. The summed E-state index contributed by atoms with van der Waals surface area (Å²) in [6, 6.07) is 46.8. The largest absolute Gasteiger partial charge is 0.456 e. The molecular formula is C49H29N3O4. The molecule has 7 heteroatoms. The lowest BCUT2D eigenvalue weighted by molar-refractivity contribution is 0.469. The molecule has 264 valence electrons. The highest BCUT2D eigenvalue weighted by atomic mass is 16.5. The van der Waals surface area contributed by atoms with Crippen molar-refractivity contribution in [3.8, 4) is 46.0 Å². The number of pyridine rings is 3. The van der Waals surface area contributed by atoms with Crippen molar-refractivity contribution in [2.45, 2.75) is 0 Å². The number of rotatable bonds is 0. The number of hydrogen-bond acceptors (Lipinski definition) is 7. The van der Waals surface area contributed by atoms with Crippen molar-refractivity contribution in [1.82, 2.24) is 15.0 Å². The minimum absolute atomic E-state index is 0.753. The van der Waals surface area contributed by atoms with Crippen molar-refractivity contribution in [3.05, 3.63) is 221 Å². The van der Waals surface area contributed by atoms with Crippen molar-refractivity contribution >= 4 is 22.3 Å². The summed E-state index contributed by atoms with van der Waals surface area (Å²) in [4.78, 5) is 12.8. The minimum Gasteiger partial charge on any atom is -0.456 e. The van der Waals surface area contributed by atoms with Gasteiger partial charge in [-0.1, -0.05) is 91.0 Å². The maximum absolute atomic E-state index is 6.20. The van der Waals surface area contributed by atoms with Gasteiger partial charge in [-0.2, -0.15) is 0 Å². The van der Waals surface area contributed by atoms with Crippen LogP contribution in [0.1, 0.15) is 44.5 Å². The van der Waals surface area contributed by atoms with E-state index in [9.17, 15) is 0 Å². The van der Waals surface area contributed by atoms with Gasteiger partial charge < -0.3 is 18.9 Å². The number of nitrogens with zero attached hydrogens (tertiary/aromatic N) is 3. The zero-order valence-corrected chi connectivity index (χ0v) is 29.7. The topological polar surface area (TPSA) is 75.6 Å². The molecule has 0 amide bonds. The molecular weight excluding hydrogens is 695 g/mol. The van der Waals surface area contributed by atoms with E-state index in [-0.39, 0.29) is 0 Å². The molecule has 0 saturated heterocycles. The quantitative estimate of drug-likeness (QED) is 0.154. The van der Waals surface area contributed by atoms with Crippen LogP contribution in [0.2, 0.25) is 0 Å². The molecule has 0 radical (unpaired) electrons. The van der Waals surface area contributed by atoms with Gasteiger partial charge in [0.15, 0.2) is 17.2 Å². The van der Waals surface area contributed by atoms with Crippen LogP contribution in [0.15, 0.2) is 177 Å². The van der Waals surface area contributed by atoms with Gasteiger partial charge in [-0.3, -0.25) is 15.0 Å². The summed E-state index contributed by atoms with van der Waals surface area (Å²) in [5.74, 6) is 6.49. The Bertz CT molecular complexity index is 2360. The molecule has 0 unspecified atom stereocenters. The van der Waals surface area contributed by atoms with Gasteiger partial charge in [0.25, 0.3) is 0 Å². The Morgan fingerprint density at radius 2 is 0.446 bits per heavy atom. The van der Waals surface area contributed by atoms with E-state index in [1.807, 2.05) is 103 Å². The second-order valence-corrected chi connectivity index (χ2v) is 13.5. The summed E-state index contributed by atoms with van der Waals surface area (Å²) in [5, 5.41) is 0. The fraction of sp³-hybridized carbons (Fsp3) is 0. The van der Waals surface area contributed by atoms with Crippen molar-refractivity contribution in [2.24, 2.45) is 0 Å². The normalized spacial score (nSPS) is 14.7. The monoisotopic (exact) mass is 723 g/mol. The molecule has 56 heavy (non-hydrogen) atoms. The zero-order valence-electron chi connectivity index (χ0n) is 29.7.